The van der Waals surface area contributed by atoms with Crippen molar-refractivity contribution in [2.75, 3.05) is 22.9 Å². The van der Waals surface area contributed by atoms with Gasteiger partial charge in [0.1, 0.15) is 5.75 Å². The van der Waals surface area contributed by atoms with Crippen molar-refractivity contribution in [2.24, 2.45) is 0 Å². The average molecular weight is 495 g/mol. The number of rotatable bonds is 6. The number of carbonyl (C=O) groups excluding carboxylic acids is 1. The molecule has 2 N–H and O–H groups in total. The third-order valence-electron chi connectivity index (χ3n) is 3.28. The van der Waals surface area contributed by atoms with Gasteiger partial charge in [-0.3, -0.25) is 9.52 Å². The summed E-state index contributed by atoms with van der Waals surface area (Å²) in [5.41, 5.74) is 1.25. The predicted octanol–water partition coefficient (Wildman–Crippen LogP) is 3.97. The van der Waals surface area contributed by atoms with Crippen molar-refractivity contribution in [3.8, 4) is 5.75 Å². The van der Waals surface area contributed by atoms with Crippen molar-refractivity contribution in [1.82, 2.24) is 0 Å². The monoisotopic (exact) mass is 494 g/mol. The topological polar surface area (TPSA) is 84.5 Å². The van der Waals surface area contributed by atoms with Crippen LogP contribution < -0.4 is 14.8 Å². The third-order valence-corrected chi connectivity index (χ3v) is 6.11. The Labute approximate surface area is 165 Å². The molecule has 2 aromatic carbocycles. The fourth-order valence-corrected chi connectivity index (χ4v) is 3.19. The van der Waals surface area contributed by atoms with Gasteiger partial charge in [-0.05, 0) is 65.9 Å². The highest BCUT2D eigenvalue weighted by molar-refractivity contribution is 14.1. The van der Waals surface area contributed by atoms with Crippen LogP contribution in [0.3, 0.4) is 0 Å². The molecule has 0 fully saturated rings. The van der Waals surface area contributed by atoms with Crippen LogP contribution in [0.25, 0.3) is 0 Å². The second-order valence-electron chi connectivity index (χ2n) is 5.00. The second-order valence-corrected chi connectivity index (χ2v) is 8.58. The Hall–Kier alpha value is -1.52. The Morgan fingerprint density at radius 2 is 1.80 bits per heavy atom. The maximum Gasteiger partial charge on any atom is 0.259 e. The first kappa shape index (κ1) is 19.8. The number of hydrogen-bond donors (Lipinski definition) is 2. The molecule has 0 saturated heterocycles. The van der Waals surface area contributed by atoms with Gasteiger partial charge in [-0.1, -0.05) is 11.6 Å². The Bertz CT molecular complexity index is 886. The first-order valence-corrected chi connectivity index (χ1v) is 10.3. The van der Waals surface area contributed by atoms with Gasteiger partial charge < -0.3 is 10.1 Å². The van der Waals surface area contributed by atoms with E-state index in [1.54, 1.807) is 43.3 Å². The van der Waals surface area contributed by atoms with Crippen LogP contribution in [0, 0.1) is 3.57 Å². The molecule has 1 amide bonds. The summed E-state index contributed by atoms with van der Waals surface area (Å²) >= 11 is 8.13. The molecule has 0 spiro atoms. The molecule has 0 aromatic heterocycles. The molecule has 134 valence electrons. The smallest absolute Gasteiger partial charge is 0.259 e. The molecule has 2 aromatic rings. The van der Waals surface area contributed by atoms with E-state index >= 15 is 0 Å². The molecule has 0 unspecified atom stereocenters. The Kier molecular flexibility index (Phi) is 6.53. The highest BCUT2D eigenvalue weighted by atomic mass is 127. The minimum absolute atomic E-state index is 0.0150. The van der Waals surface area contributed by atoms with Crippen molar-refractivity contribution in [3.05, 3.63) is 50.6 Å². The maximum absolute atomic E-state index is 12.5. The number of anilines is 2. The van der Waals surface area contributed by atoms with Crippen LogP contribution in [-0.2, 0) is 10.0 Å². The summed E-state index contributed by atoms with van der Waals surface area (Å²) < 4.78 is 31.5. The second kappa shape index (κ2) is 8.24. The van der Waals surface area contributed by atoms with Crippen molar-refractivity contribution in [3.63, 3.8) is 0 Å². The molecule has 0 aliphatic carbocycles. The van der Waals surface area contributed by atoms with Crippen molar-refractivity contribution < 1.29 is 17.9 Å². The number of methoxy groups -OCH3 is 1. The zero-order valence-corrected chi connectivity index (χ0v) is 17.2. The van der Waals surface area contributed by atoms with Crippen LogP contribution in [-0.4, -0.2) is 27.2 Å². The minimum atomic E-state index is -3.34. The molecule has 9 heteroatoms. The van der Waals surface area contributed by atoms with Crippen LogP contribution in [0.15, 0.2) is 36.4 Å². The summed E-state index contributed by atoms with van der Waals surface area (Å²) in [5, 5.41) is 3.18. The van der Waals surface area contributed by atoms with E-state index in [-0.39, 0.29) is 11.7 Å². The molecule has 25 heavy (non-hydrogen) atoms. The zero-order valence-electron chi connectivity index (χ0n) is 13.5. The highest BCUT2D eigenvalue weighted by Crippen LogP contribution is 2.29. The Balaban J connectivity index is 2.17. The third kappa shape index (κ3) is 5.23. The normalized spacial score (nSPS) is 11.0. The van der Waals surface area contributed by atoms with Crippen LogP contribution >= 0.6 is 34.2 Å². The number of benzene rings is 2. The van der Waals surface area contributed by atoms with E-state index in [0.717, 1.165) is 3.57 Å². The lowest BCUT2D eigenvalue weighted by molar-refractivity contribution is 0.102. The van der Waals surface area contributed by atoms with Gasteiger partial charge in [0.05, 0.1) is 23.4 Å². The van der Waals surface area contributed by atoms with Gasteiger partial charge in [0.15, 0.2) is 0 Å². The highest BCUT2D eigenvalue weighted by Gasteiger charge is 2.15. The van der Waals surface area contributed by atoms with Gasteiger partial charge >= 0.3 is 0 Å². The zero-order chi connectivity index (χ0) is 18.6. The SMILES string of the molecule is CCS(=O)(=O)Nc1ccc(NC(=O)c2cc(Cl)c(I)cc2OC)cc1. The molecular weight excluding hydrogens is 479 g/mol. The van der Waals surface area contributed by atoms with E-state index < -0.39 is 10.0 Å². The predicted molar refractivity (Wildman–Crippen MR) is 108 cm³/mol. The van der Waals surface area contributed by atoms with E-state index in [1.165, 1.54) is 7.11 Å². The Morgan fingerprint density at radius 3 is 2.36 bits per heavy atom. The Morgan fingerprint density at radius 1 is 1.20 bits per heavy atom. The van der Waals surface area contributed by atoms with E-state index in [1.807, 2.05) is 0 Å². The summed E-state index contributed by atoms with van der Waals surface area (Å²) in [7, 11) is -1.86. The van der Waals surface area contributed by atoms with Gasteiger partial charge in [0.2, 0.25) is 10.0 Å². The molecule has 0 aliphatic rings. The molecule has 0 atom stereocenters. The van der Waals surface area contributed by atoms with Crippen LogP contribution in [0.4, 0.5) is 11.4 Å². The van der Waals surface area contributed by atoms with Crippen LogP contribution in [0.5, 0.6) is 5.75 Å². The summed E-state index contributed by atoms with van der Waals surface area (Å²) in [6.07, 6.45) is 0. The van der Waals surface area contributed by atoms with E-state index in [2.05, 4.69) is 32.6 Å². The van der Waals surface area contributed by atoms with Crippen molar-refractivity contribution in [2.45, 2.75) is 6.92 Å². The quantitative estimate of drug-likeness (QED) is 0.595. The molecule has 0 heterocycles. The van der Waals surface area contributed by atoms with E-state index in [4.69, 9.17) is 16.3 Å². The summed E-state index contributed by atoms with van der Waals surface area (Å²) in [6, 6.07) is 9.57. The molecule has 0 bridgehead atoms. The molecule has 6 nitrogen and oxygen atoms in total. The number of carbonyl (C=O) groups is 1. The van der Waals surface area contributed by atoms with Gasteiger partial charge in [-0.15, -0.1) is 0 Å². The first-order valence-electron chi connectivity index (χ1n) is 7.20. The number of halogens is 2. The fraction of sp³-hybridized carbons (Fsp3) is 0.188. The van der Waals surface area contributed by atoms with Gasteiger partial charge in [0, 0.05) is 14.9 Å². The summed E-state index contributed by atoms with van der Waals surface area (Å²) in [4.78, 5) is 12.5. The van der Waals surface area contributed by atoms with Gasteiger partial charge in [0.25, 0.3) is 5.91 Å². The molecule has 0 saturated carbocycles. The number of nitrogens with one attached hydrogen (secondary N) is 2. The number of sulfonamides is 1. The number of amides is 1. The summed E-state index contributed by atoms with van der Waals surface area (Å²) in [6.45, 7) is 1.55. The number of ether oxygens (including phenoxy) is 1. The largest absolute Gasteiger partial charge is 0.496 e. The molecule has 0 radical (unpaired) electrons. The van der Waals surface area contributed by atoms with E-state index in [0.29, 0.717) is 27.7 Å². The van der Waals surface area contributed by atoms with Gasteiger partial charge in [-0.25, -0.2) is 8.42 Å². The standard InChI is InChI=1S/C16H16ClIN2O4S/c1-3-25(22,23)20-11-6-4-10(5-7-11)19-16(21)12-8-13(17)14(18)9-15(12)24-2/h4-9,20H,3H2,1-2H3,(H,19,21). The van der Waals surface area contributed by atoms with Crippen LogP contribution in [0.1, 0.15) is 17.3 Å². The lowest BCUT2D eigenvalue weighted by atomic mass is 10.1. The number of hydrogen-bond acceptors (Lipinski definition) is 4. The molecule has 0 aliphatic heterocycles. The minimum Gasteiger partial charge on any atom is -0.496 e. The first-order chi connectivity index (χ1) is 11.8. The van der Waals surface area contributed by atoms with Crippen LogP contribution in [0.2, 0.25) is 5.02 Å². The fourth-order valence-electron chi connectivity index (χ4n) is 1.95. The van der Waals surface area contributed by atoms with Gasteiger partial charge in [-0.2, -0.15) is 0 Å². The average Bonchev–Trinajstić information content (AvgIpc) is 2.58. The van der Waals surface area contributed by atoms with Crippen molar-refractivity contribution >= 4 is 61.5 Å². The molecule has 2 rings (SSSR count). The summed E-state index contributed by atoms with van der Waals surface area (Å²) in [5.74, 6) is 0.0226. The molecular formula is C16H16ClIN2O4S. The maximum atomic E-state index is 12.5. The lowest BCUT2D eigenvalue weighted by Gasteiger charge is -2.11. The van der Waals surface area contributed by atoms with E-state index in [9.17, 15) is 13.2 Å². The lowest BCUT2D eigenvalue weighted by Crippen LogP contribution is -2.15. The van der Waals surface area contributed by atoms with Crippen molar-refractivity contribution in [1.29, 1.82) is 0 Å².